The van der Waals surface area contributed by atoms with Crippen molar-refractivity contribution in [3.05, 3.63) is 70.2 Å². The lowest BCUT2D eigenvalue weighted by Crippen LogP contribution is -2.04. The molecule has 2 aromatic rings. The van der Waals surface area contributed by atoms with Gasteiger partial charge < -0.3 is 0 Å². The number of nitrogens with zero attached hydrogens (tertiary/aromatic N) is 1. The van der Waals surface area contributed by atoms with Gasteiger partial charge in [0.25, 0.3) is 0 Å². The maximum atomic E-state index is 6.17. The molecule has 0 saturated heterocycles. The van der Waals surface area contributed by atoms with Crippen molar-refractivity contribution < 1.29 is 0 Å². The highest BCUT2D eigenvalue weighted by Crippen LogP contribution is 2.17. The van der Waals surface area contributed by atoms with E-state index in [0.717, 1.165) is 23.4 Å². The fraction of sp³-hybridized carbons (Fsp3) is 0.278. The van der Waals surface area contributed by atoms with Crippen molar-refractivity contribution >= 4 is 17.8 Å². The summed E-state index contributed by atoms with van der Waals surface area (Å²) in [6, 6.07) is 16.6. The predicted octanol–water partition coefficient (Wildman–Crippen LogP) is 4.89. The Hall–Kier alpha value is -1.60. The topological polar surface area (TPSA) is 12.4 Å². The van der Waals surface area contributed by atoms with Crippen LogP contribution in [0.4, 0.5) is 0 Å². The Morgan fingerprint density at radius 3 is 2.40 bits per heavy atom. The highest BCUT2D eigenvalue weighted by atomic mass is 35.5. The Kier molecular flexibility index (Phi) is 5.37. The summed E-state index contributed by atoms with van der Waals surface area (Å²) in [5.74, 6) is 0. The standard InChI is InChI=1S/C18H20ClN/c1-14-7-3-4-8-16(14)11-12-20-15(2)13-17-9-5-6-10-18(17)19/h3-10,12,15H,11,13H2,1-2H3/t15-/m1/s1. The number of hydrogen-bond donors (Lipinski definition) is 0. The molecule has 0 N–H and O–H groups in total. The molecule has 2 heteroatoms. The summed E-state index contributed by atoms with van der Waals surface area (Å²) in [7, 11) is 0. The van der Waals surface area contributed by atoms with Crippen LogP contribution < -0.4 is 0 Å². The predicted molar refractivity (Wildman–Crippen MR) is 88.0 cm³/mol. The third-order valence-electron chi connectivity index (χ3n) is 3.41. The molecule has 0 aliphatic heterocycles. The molecule has 0 unspecified atom stereocenters. The van der Waals surface area contributed by atoms with Crippen LogP contribution in [0.25, 0.3) is 0 Å². The number of aliphatic imine (C=N–C) groups is 1. The minimum Gasteiger partial charge on any atom is -0.294 e. The van der Waals surface area contributed by atoms with E-state index in [1.54, 1.807) is 0 Å². The van der Waals surface area contributed by atoms with Crippen LogP contribution in [0.3, 0.4) is 0 Å². The van der Waals surface area contributed by atoms with Crippen molar-refractivity contribution in [2.75, 3.05) is 0 Å². The van der Waals surface area contributed by atoms with E-state index in [9.17, 15) is 0 Å². The maximum Gasteiger partial charge on any atom is 0.0508 e. The first-order valence-electron chi connectivity index (χ1n) is 6.96. The molecule has 0 bridgehead atoms. The van der Waals surface area contributed by atoms with Crippen LogP contribution in [0.1, 0.15) is 23.6 Å². The van der Waals surface area contributed by atoms with E-state index in [4.69, 9.17) is 11.6 Å². The monoisotopic (exact) mass is 285 g/mol. The van der Waals surface area contributed by atoms with Crippen LogP contribution in [0.2, 0.25) is 5.02 Å². The second kappa shape index (κ2) is 7.25. The third kappa shape index (κ3) is 4.21. The molecular formula is C18H20ClN. The molecule has 104 valence electrons. The minimum absolute atomic E-state index is 0.249. The van der Waals surface area contributed by atoms with E-state index in [1.807, 2.05) is 24.4 Å². The van der Waals surface area contributed by atoms with Crippen molar-refractivity contribution in [2.24, 2.45) is 4.99 Å². The molecule has 0 aromatic heterocycles. The van der Waals surface area contributed by atoms with E-state index >= 15 is 0 Å². The highest BCUT2D eigenvalue weighted by Gasteiger charge is 2.04. The minimum atomic E-state index is 0.249. The van der Waals surface area contributed by atoms with E-state index in [0.29, 0.717) is 0 Å². The first-order chi connectivity index (χ1) is 9.66. The summed E-state index contributed by atoms with van der Waals surface area (Å²) in [5.41, 5.74) is 3.81. The molecule has 0 fully saturated rings. The van der Waals surface area contributed by atoms with Gasteiger partial charge >= 0.3 is 0 Å². The fourth-order valence-electron chi connectivity index (χ4n) is 2.21. The first kappa shape index (κ1) is 14.8. The average molecular weight is 286 g/mol. The molecule has 0 amide bonds. The lowest BCUT2D eigenvalue weighted by atomic mass is 10.1. The Morgan fingerprint density at radius 1 is 1.05 bits per heavy atom. The van der Waals surface area contributed by atoms with Gasteiger partial charge in [-0.05, 0) is 43.0 Å². The summed E-state index contributed by atoms with van der Waals surface area (Å²) >= 11 is 6.17. The third-order valence-corrected chi connectivity index (χ3v) is 3.77. The van der Waals surface area contributed by atoms with Gasteiger partial charge in [-0.25, -0.2) is 0 Å². The molecule has 0 saturated carbocycles. The number of rotatable bonds is 5. The molecule has 0 heterocycles. The Morgan fingerprint density at radius 2 is 1.70 bits per heavy atom. The van der Waals surface area contributed by atoms with Crippen molar-refractivity contribution in [2.45, 2.75) is 32.7 Å². The Labute approximate surface area is 126 Å². The number of halogens is 1. The Balaban J connectivity index is 1.92. The van der Waals surface area contributed by atoms with Crippen LogP contribution >= 0.6 is 11.6 Å². The summed E-state index contributed by atoms with van der Waals surface area (Å²) in [4.78, 5) is 4.61. The zero-order valence-electron chi connectivity index (χ0n) is 12.0. The first-order valence-corrected chi connectivity index (χ1v) is 7.34. The maximum absolute atomic E-state index is 6.17. The van der Waals surface area contributed by atoms with Gasteiger partial charge in [-0.1, -0.05) is 54.1 Å². The molecule has 0 aliphatic carbocycles. The van der Waals surface area contributed by atoms with Gasteiger partial charge in [-0.3, -0.25) is 4.99 Å². The van der Waals surface area contributed by atoms with Gasteiger partial charge in [-0.2, -0.15) is 0 Å². The van der Waals surface area contributed by atoms with Gasteiger partial charge in [0.1, 0.15) is 0 Å². The quantitative estimate of drug-likeness (QED) is 0.693. The average Bonchev–Trinajstić information content (AvgIpc) is 2.43. The molecule has 0 radical (unpaired) electrons. The number of hydrogen-bond acceptors (Lipinski definition) is 1. The molecule has 1 atom stereocenters. The summed E-state index contributed by atoms with van der Waals surface area (Å²) in [5, 5.41) is 0.827. The molecule has 0 aliphatic rings. The molecular weight excluding hydrogens is 266 g/mol. The summed E-state index contributed by atoms with van der Waals surface area (Å²) in [6.45, 7) is 4.26. The zero-order chi connectivity index (χ0) is 14.4. The summed E-state index contributed by atoms with van der Waals surface area (Å²) in [6.07, 6.45) is 3.79. The Bertz CT molecular complexity index is 589. The molecule has 2 rings (SSSR count). The highest BCUT2D eigenvalue weighted by molar-refractivity contribution is 6.31. The van der Waals surface area contributed by atoms with E-state index in [-0.39, 0.29) is 6.04 Å². The van der Waals surface area contributed by atoms with Crippen molar-refractivity contribution in [3.8, 4) is 0 Å². The lowest BCUT2D eigenvalue weighted by molar-refractivity contribution is 0.742. The van der Waals surface area contributed by atoms with Gasteiger partial charge in [0.05, 0.1) is 6.04 Å². The number of benzene rings is 2. The smallest absolute Gasteiger partial charge is 0.0508 e. The molecule has 0 spiro atoms. The summed E-state index contributed by atoms with van der Waals surface area (Å²) < 4.78 is 0. The fourth-order valence-corrected chi connectivity index (χ4v) is 2.42. The van der Waals surface area contributed by atoms with Gasteiger partial charge in [-0.15, -0.1) is 0 Å². The van der Waals surface area contributed by atoms with Crippen LogP contribution in [0.15, 0.2) is 53.5 Å². The van der Waals surface area contributed by atoms with Crippen LogP contribution in [-0.4, -0.2) is 12.3 Å². The van der Waals surface area contributed by atoms with Crippen molar-refractivity contribution in [1.29, 1.82) is 0 Å². The van der Waals surface area contributed by atoms with Crippen LogP contribution in [0, 0.1) is 6.92 Å². The van der Waals surface area contributed by atoms with Crippen molar-refractivity contribution in [3.63, 3.8) is 0 Å². The lowest BCUT2D eigenvalue weighted by Gasteiger charge is -2.08. The SMILES string of the molecule is Cc1ccccc1CC=N[C@H](C)Cc1ccccc1Cl. The van der Waals surface area contributed by atoms with E-state index < -0.39 is 0 Å². The molecule has 2 aromatic carbocycles. The van der Waals surface area contributed by atoms with Crippen molar-refractivity contribution in [1.82, 2.24) is 0 Å². The van der Waals surface area contributed by atoms with Gasteiger partial charge in [0.2, 0.25) is 0 Å². The zero-order valence-corrected chi connectivity index (χ0v) is 12.8. The van der Waals surface area contributed by atoms with Gasteiger partial charge in [0.15, 0.2) is 0 Å². The van der Waals surface area contributed by atoms with Gasteiger partial charge in [0, 0.05) is 17.7 Å². The van der Waals surface area contributed by atoms with Crippen LogP contribution in [-0.2, 0) is 12.8 Å². The second-order valence-corrected chi connectivity index (χ2v) is 5.51. The second-order valence-electron chi connectivity index (χ2n) is 5.11. The molecule has 1 nitrogen and oxygen atoms in total. The molecule has 20 heavy (non-hydrogen) atoms. The van der Waals surface area contributed by atoms with E-state index in [2.05, 4.69) is 49.2 Å². The normalized spacial score (nSPS) is 12.8. The van der Waals surface area contributed by atoms with E-state index in [1.165, 1.54) is 11.1 Å². The number of aryl methyl sites for hydroxylation is 1. The van der Waals surface area contributed by atoms with Crippen LogP contribution in [0.5, 0.6) is 0 Å². The largest absolute Gasteiger partial charge is 0.294 e.